The van der Waals surface area contributed by atoms with Gasteiger partial charge in [-0.05, 0) is 53.7 Å². The summed E-state index contributed by atoms with van der Waals surface area (Å²) in [5.74, 6) is -0.694. The van der Waals surface area contributed by atoms with E-state index in [4.69, 9.17) is 9.16 Å². The van der Waals surface area contributed by atoms with Crippen molar-refractivity contribution in [2.75, 3.05) is 6.61 Å². The minimum Gasteiger partial charge on any atom is -0.447 e. The van der Waals surface area contributed by atoms with Crippen LogP contribution in [0.3, 0.4) is 0 Å². The van der Waals surface area contributed by atoms with Crippen molar-refractivity contribution >= 4 is 35.9 Å². The molecule has 0 radical (unpaired) electrons. The van der Waals surface area contributed by atoms with Gasteiger partial charge in [-0.25, -0.2) is 9.69 Å². The van der Waals surface area contributed by atoms with Crippen molar-refractivity contribution in [3.8, 4) is 0 Å². The molecule has 0 bridgehead atoms. The van der Waals surface area contributed by atoms with E-state index in [9.17, 15) is 9.59 Å². The second-order valence-corrected chi connectivity index (χ2v) is 16.0. The molecule has 1 saturated heterocycles. The van der Waals surface area contributed by atoms with Gasteiger partial charge in [0.05, 0.1) is 17.6 Å². The third kappa shape index (κ3) is 5.76. The molecule has 44 heavy (non-hydrogen) atoms. The second-order valence-electron chi connectivity index (χ2n) is 12.7. The first-order valence-corrected chi connectivity index (χ1v) is 17.7. The zero-order valence-electron chi connectivity index (χ0n) is 25.6. The van der Waals surface area contributed by atoms with E-state index >= 15 is 0 Å². The van der Waals surface area contributed by atoms with Gasteiger partial charge in [0.25, 0.3) is 8.32 Å². The molecule has 2 amide bonds. The van der Waals surface area contributed by atoms with Gasteiger partial charge in [0.15, 0.2) is 0 Å². The Balaban J connectivity index is 1.59. The van der Waals surface area contributed by atoms with Gasteiger partial charge < -0.3 is 9.16 Å². The van der Waals surface area contributed by atoms with E-state index in [0.29, 0.717) is 0 Å². The van der Waals surface area contributed by atoms with Crippen LogP contribution in [0, 0.1) is 11.8 Å². The molecule has 2 atom stereocenters. The molecular formula is C38H41NO4Si. The van der Waals surface area contributed by atoms with Crippen LogP contribution >= 0.6 is 0 Å². The second kappa shape index (κ2) is 12.9. The van der Waals surface area contributed by atoms with E-state index in [2.05, 4.69) is 84.9 Å². The average molecular weight is 604 g/mol. The van der Waals surface area contributed by atoms with Crippen LogP contribution in [0.4, 0.5) is 4.79 Å². The summed E-state index contributed by atoms with van der Waals surface area (Å²) in [6, 6.07) is 41.6. The topological polar surface area (TPSA) is 55.8 Å². The maximum absolute atomic E-state index is 14.9. The first kappa shape index (κ1) is 30.0. The molecule has 5 nitrogen and oxygen atoms in total. The van der Waals surface area contributed by atoms with E-state index in [-0.39, 0.29) is 18.4 Å². The molecule has 6 heteroatoms. The van der Waals surface area contributed by atoms with Gasteiger partial charge in [0.1, 0.15) is 6.61 Å². The quantitative estimate of drug-likeness (QED) is 0.165. The van der Waals surface area contributed by atoms with Gasteiger partial charge in [-0.1, -0.05) is 141 Å². The van der Waals surface area contributed by atoms with Crippen LogP contribution < -0.4 is 15.6 Å². The lowest BCUT2D eigenvalue weighted by Crippen LogP contribution is -2.70. The van der Waals surface area contributed by atoms with E-state index in [0.717, 1.165) is 53.2 Å². The minimum atomic E-state index is -3.22. The molecule has 6 rings (SSSR count). The van der Waals surface area contributed by atoms with Gasteiger partial charge in [-0.2, -0.15) is 0 Å². The lowest BCUT2D eigenvalue weighted by Gasteiger charge is -2.43. The number of amides is 2. The highest BCUT2D eigenvalue weighted by molar-refractivity contribution is 7.07. The van der Waals surface area contributed by atoms with Crippen LogP contribution in [-0.4, -0.2) is 37.4 Å². The average Bonchev–Trinajstić information content (AvgIpc) is 3.36. The molecule has 2 aliphatic rings. The Kier molecular flexibility index (Phi) is 8.83. The fourth-order valence-corrected chi connectivity index (χ4v) is 11.2. The molecule has 226 valence electrons. The summed E-state index contributed by atoms with van der Waals surface area (Å²) in [5, 5.41) is 3.32. The molecule has 0 aromatic heterocycles. The third-order valence-corrected chi connectivity index (χ3v) is 13.3. The molecule has 0 unspecified atom stereocenters. The summed E-state index contributed by atoms with van der Waals surface area (Å²) >= 11 is 0. The molecule has 1 heterocycles. The highest BCUT2D eigenvalue weighted by Crippen LogP contribution is 2.43. The van der Waals surface area contributed by atoms with E-state index in [1.54, 1.807) is 0 Å². The number of cyclic esters (lactones) is 1. The predicted molar refractivity (Wildman–Crippen MR) is 177 cm³/mol. The molecule has 1 saturated carbocycles. The number of carbonyl (C=O) groups is 2. The Labute approximate surface area is 262 Å². The van der Waals surface area contributed by atoms with Crippen molar-refractivity contribution in [3.63, 3.8) is 0 Å². The molecule has 0 spiro atoms. The van der Waals surface area contributed by atoms with Gasteiger partial charge >= 0.3 is 6.09 Å². The Morgan fingerprint density at radius 1 is 0.750 bits per heavy atom. The number of rotatable bonds is 9. The first-order valence-electron chi connectivity index (χ1n) is 15.8. The SMILES string of the molecule is CC1(C)COC(=O)N1C(=O)[C@H](C1CCCCC1)[C@H](O[Si](c1ccccc1)(c1ccccc1)c1ccccc1)c1ccccc1. The zero-order chi connectivity index (χ0) is 30.6. The molecule has 2 fully saturated rings. The number of benzene rings is 4. The molecule has 4 aromatic rings. The summed E-state index contributed by atoms with van der Waals surface area (Å²) in [4.78, 5) is 29.5. The number of hydrogen-bond donors (Lipinski definition) is 0. The minimum absolute atomic E-state index is 0.0691. The Morgan fingerprint density at radius 3 is 1.64 bits per heavy atom. The lowest BCUT2D eigenvalue weighted by molar-refractivity contribution is -0.142. The van der Waals surface area contributed by atoms with Crippen LogP contribution in [0.25, 0.3) is 0 Å². The van der Waals surface area contributed by atoms with Crippen molar-refractivity contribution < 1.29 is 18.8 Å². The normalized spacial score (nSPS) is 18.4. The van der Waals surface area contributed by atoms with E-state index in [1.807, 2.05) is 50.2 Å². The zero-order valence-corrected chi connectivity index (χ0v) is 26.6. The van der Waals surface area contributed by atoms with Crippen molar-refractivity contribution in [1.82, 2.24) is 4.90 Å². The molecular weight excluding hydrogens is 563 g/mol. The van der Waals surface area contributed by atoms with Gasteiger partial charge in [0.2, 0.25) is 5.91 Å². The van der Waals surface area contributed by atoms with Crippen LogP contribution in [0.5, 0.6) is 0 Å². The number of ether oxygens (including phenoxy) is 1. The van der Waals surface area contributed by atoms with Crippen LogP contribution in [0.15, 0.2) is 121 Å². The monoisotopic (exact) mass is 603 g/mol. The lowest BCUT2D eigenvalue weighted by atomic mass is 9.75. The van der Waals surface area contributed by atoms with Crippen molar-refractivity contribution in [2.24, 2.45) is 11.8 Å². The van der Waals surface area contributed by atoms with Crippen LogP contribution in [0.2, 0.25) is 0 Å². The van der Waals surface area contributed by atoms with Crippen molar-refractivity contribution in [2.45, 2.75) is 57.6 Å². The third-order valence-electron chi connectivity index (χ3n) is 9.30. The highest BCUT2D eigenvalue weighted by atomic mass is 28.4. The largest absolute Gasteiger partial charge is 0.447 e. The summed E-state index contributed by atoms with van der Waals surface area (Å²) in [5.41, 5.74) is 0.205. The first-order chi connectivity index (χ1) is 21.4. The highest BCUT2D eigenvalue weighted by Gasteiger charge is 2.53. The smallest absolute Gasteiger partial charge is 0.417 e. The van der Waals surface area contributed by atoms with Gasteiger partial charge in [0, 0.05) is 0 Å². The van der Waals surface area contributed by atoms with Crippen LogP contribution in [0.1, 0.15) is 57.6 Å². The van der Waals surface area contributed by atoms with E-state index in [1.165, 1.54) is 4.90 Å². The number of nitrogens with zero attached hydrogens (tertiary/aromatic N) is 1. The van der Waals surface area contributed by atoms with Gasteiger partial charge in [-0.15, -0.1) is 0 Å². The van der Waals surface area contributed by atoms with Crippen LogP contribution in [-0.2, 0) is 14.0 Å². The summed E-state index contributed by atoms with van der Waals surface area (Å²) < 4.78 is 13.3. The Morgan fingerprint density at radius 2 is 1.20 bits per heavy atom. The maximum atomic E-state index is 14.9. The maximum Gasteiger partial charge on any atom is 0.417 e. The van der Waals surface area contributed by atoms with Crippen molar-refractivity contribution in [1.29, 1.82) is 0 Å². The fraction of sp³-hybridized carbons (Fsp3) is 0.316. The summed E-state index contributed by atoms with van der Waals surface area (Å²) in [6.45, 7) is 3.99. The molecule has 0 N–H and O–H groups in total. The van der Waals surface area contributed by atoms with Crippen molar-refractivity contribution in [3.05, 3.63) is 127 Å². The number of imide groups is 1. The molecule has 1 aliphatic carbocycles. The number of carbonyl (C=O) groups excluding carboxylic acids is 2. The van der Waals surface area contributed by atoms with E-state index < -0.39 is 32.0 Å². The standard InChI is InChI=1S/C38H41NO4Si/c1-38(2)28-42-37(41)39(38)36(40)34(29-18-8-3-9-19-29)35(30-20-10-4-11-21-30)43-44(31-22-12-5-13-23-31,32-24-14-6-15-25-32)33-26-16-7-17-27-33/h4-7,10-17,20-27,29,34-35H,3,8-9,18-19,28H2,1-2H3/t34-,35-/m1/s1. The fourth-order valence-electron chi connectivity index (χ4n) is 7.13. The van der Waals surface area contributed by atoms with Gasteiger partial charge in [-0.3, -0.25) is 4.79 Å². The summed E-state index contributed by atoms with van der Waals surface area (Å²) in [6.07, 6.45) is 3.95. The number of hydrogen-bond acceptors (Lipinski definition) is 4. The Hall–Kier alpha value is -4.00. The predicted octanol–water partition coefficient (Wildman–Crippen LogP) is 6.37. The molecule has 1 aliphatic heterocycles. The Bertz CT molecular complexity index is 1440. The summed E-state index contributed by atoms with van der Waals surface area (Å²) in [7, 11) is -3.22. The molecule has 4 aromatic carbocycles.